The third-order valence-electron chi connectivity index (χ3n) is 5.04. The summed E-state index contributed by atoms with van der Waals surface area (Å²) in [5, 5.41) is 8.10. The summed E-state index contributed by atoms with van der Waals surface area (Å²) in [6, 6.07) is 15.3. The zero-order chi connectivity index (χ0) is 22.3. The van der Waals surface area contributed by atoms with E-state index in [0.717, 1.165) is 16.8 Å². The Labute approximate surface area is 186 Å². The Morgan fingerprint density at radius 2 is 1.97 bits per heavy atom. The zero-order valence-electron chi connectivity index (χ0n) is 18.1. The number of pyridine rings is 2. The van der Waals surface area contributed by atoms with Crippen LogP contribution in [0.4, 0.5) is 0 Å². The van der Waals surface area contributed by atoms with Crippen molar-refractivity contribution in [3.63, 3.8) is 0 Å². The molecule has 0 aliphatic heterocycles. The van der Waals surface area contributed by atoms with Crippen molar-refractivity contribution in [2.75, 3.05) is 20.3 Å². The number of benzene rings is 1. The van der Waals surface area contributed by atoms with E-state index in [1.165, 1.54) is 0 Å². The molecule has 8 nitrogen and oxygen atoms in total. The first-order chi connectivity index (χ1) is 15.7. The Bertz CT molecular complexity index is 1210. The van der Waals surface area contributed by atoms with Gasteiger partial charge in [0.25, 0.3) is 5.91 Å². The number of aryl methyl sites for hydroxylation is 1. The average Bonchev–Trinajstić information content (AvgIpc) is 3.26. The highest BCUT2D eigenvalue weighted by Gasteiger charge is 2.18. The van der Waals surface area contributed by atoms with E-state index in [1.807, 2.05) is 55.5 Å². The predicted molar refractivity (Wildman–Crippen MR) is 121 cm³/mol. The van der Waals surface area contributed by atoms with E-state index in [1.54, 1.807) is 24.2 Å². The van der Waals surface area contributed by atoms with Gasteiger partial charge in [-0.15, -0.1) is 0 Å². The Hall–Kier alpha value is -3.78. The topological polar surface area (TPSA) is 91.2 Å². The highest BCUT2D eigenvalue weighted by Crippen LogP contribution is 2.25. The van der Waals surface area contributed by atoms with Crippen molar-refractivity contribution < 1.29 is 14.3 Å². The van der Waals surface area contributed by atoms with Gasteiger partial charge in [-0.05, 0) is 19.1 Å². The van der Waals surface area contributed by atoms with Crippen LogP contribution in [0.1, 0.15) is 22.8 Å². The maximum Gasteiger partial charge on any atom is 0.252 e. The van der Waals surface area contributed by atoms with Crippen LogP contribution in [-0.2, 0) is 17.8 Å². The molecule has 8 heteroatoms. The summed E-state index contributed by atoms with van der Waals surface area (Å²) in [6.07, 6.45) is 3.35. The van der Waals surface area contributed by atoms with E-state index in [9.17, 15) is 4.79 Å². The van der Waals surface area contributed by atoms with E-state index in [4.69, 9.17) is 14.5 Å². The molecule has 0 saturated heterocycles. The van der Waals surface area contributed by atoms with Gasteiger partial charge < -0.3 is 14.8 Å². The average molecular weight is 431 g/mol. The number of hydrogen-bond donors (Lipinski definition) is 1. The Balaban J connectivity index is 1.62. The van der Waals surface area contributed by atoms with Crippen molar-refractivity contribution >= 4 is 16.9 Å². The number of fused-ring (bicyclic) bond motifs is 1. The number of carbonyl (C=O) groups is 1. The molecule has 0 fully saturated rings. The van der Waals surface area contributed by atoms with Crippen molar-refractivity contribution in [1.29, 1.82) is 0 Å². The van der Waals surface area contributed by atoms with Gasteiger partial charge in [-0.2, -0.15) is 5.10 Å². The van der Waals surface area contributed by atoms with Crippen LogP contribution >= 0.6 is 0 Å². The van der Waals surface area contributed by atoms with Crippen LogP contribution in [0, 0.1) is 0 Å². The second kappa shape index (κ2) is 10.0. The minimum Gasteiger partial charge on any atom is -0.475 e. The van der Waals surface area contributed by atoms with Crippen molar-refractivity contribution in [1.82, 2.24) is 25.1 Å². The molecular formula is C24H25N5O3. The fraction of sp³-hybridized carbons (Fsp3) is 0.250. The number of hydrogen-bond acceptors (Lipinski definition) is 6. The lowest BCUT2D eigenvalue weighted by Crippen LogP contribution is -2.24. The van der Waals surface area contributed by atoms with Gasteiger partial charge in [0, 0.05) is 37.5 Å². The summed E-state index contributed by atoms with van der Waals surface area (Å²) in [4.78, 5) is 22.3. The number of ether oxygens (including phenoxy) is 2. The maximum atomic E-state index is 13.2. The van der Waals surface area contributed by atoms with Gasteiger partial charge in [-0.1, -0.05) is 36.4 Å². The predicted octanol–water partition coefficient (Wildman–Crippen LogP) is 3.47. The van der Waals surface area contributed by atoms with Crippen LogP contribution in [0.25, 0.3) is 22.3 Å². The van der Waals surface area contributed by atoms with Crippen LogP contribution < -0.4 is 10.1 Å². The number of methoxy groups -OCH3 is 1. The van der Waals surface area contributed by atoms with Crippen LogP contribution in [0.15, 0.2) is 60.9 Å². The van der Waals surface area contributed by atoms with Gasteiger partial charge in [0.1, 0.15) is 6.61 Å². The summed E-state index contributed by atoms with van der Waals surface area (Å²) in [6.45, 7) is 3.78. The van der Waals surface area contributed by atoms with Crippen molar-refractivity contribution in [3.05, 3.63) is 72.1 Å². The largest absolute Gasteiger partial charge is 0.475 e. The molecule has 4 aromatic rings. The van der Waals surface area contributed by atoms with Crippen molar-refractivity contribution in [3.8, 4) is 17.1 Å². The van der Waals surface area contributed by atoms with E-state index in [-0.39, 0.29) is 12.5 Å². The molecule has 0 atom stereocenters. The molecule has 4 rings (SSSR count). The fourth-order valence-electron chi connectivity index (χ4n) is 3.40. The number of aromatic nitrogens is 4. The van der Waals surface area contributed by atoms with E-state index >= 15 is 0 Å². The number of nitrogens with one attached hydrogen (secondary N) is 1. The maximum absolute atomic E-state index is 13.2. The van der Waals surface area contributed by atoms with Gasteiger partial charge in [0.2, 0.25) is 5.88 Å². The number of rotatable bonds is 9. The first-order valence-corrected chi connectivity index (χ1v) is 10.5. The second-order valence-electron chi connectivity index (χ2n) is 7.11. The fourth-order valence-corrected chi connectivity index (χ4v) is 3.40. The summed E-state index contributed by atoms with van der Waals surface area (Å²) in [7, 11) is 1.61. The zero-order valence-corrected chi connectivity index (χ0v) is 18.1. The summed E-state index contributed by atoms with van der Waals surface area (Å²) in [5.41, 5.74) is 3.66. The van der Waals surface area contributed by atoms with Crippen LogP contribution in [-0.4, -0.2) is 46.0 Å². The molecule has 0 radical (unpaired) electrons. The summed E-state index contributed by atoms with van der Waals surface area (Å²) < 4.78 is 12.5. The van der Waals surface area contributed by atoms with Crippen molar-refractivity contribution in [2.24, 2.45) is 0 Å². The first kappa shape index (κ1) is 21.5. The number of amides is 1. The van der Waals surface area contributed by atoms with E-state index in [2.05, 4.69) is 15.4 Å². The molecule has 0 aliphatic carbocycles. The van der Waals surface area contributed by atoms with E-state index in [0.29, 0.717) is 42.2 Å². The van der Waals surface area contributed by atoms with Gasteiger partial charge in [-0.3, -0.25) is 4.79 Å². The molecule has 164 valence electrons. The van der Waals surface area contributed by atoms with Gasteiger partial charge in [-0.25, -0.2) is 14.6 Å². The third kappa shape index (κ3) is 4.60. The van der Waals surface area contributed by atoms with Crippen LogP contribution in [0.2, 0.25) is 0 Å². The molecule has 32 heavy (non-hydrogen) atoms. The summed E-state index contributed by atoms with van der Waals surface area (Å²) >= 11 is 0. The molecule has 3 heterocycles. The Morgan fingerprint density at radius 1 is 1.12 bits per heavy atom. The molecule has 1 amide bonds. The number of nitrogens with zero attached hydrogens (tertiary/aromatic N) is 4. The minimum absolute atomic E-state index is 0.211. The molecular weight excluding hydrogens is 406 g/mol. The molecule has 1 aromatic carbocycles. The molecule has 0 bridgehead atoms. The molecule has 0 saturated carbocycles. The lowest BCUT2D eigenvalue weighted by atomic mass is 10.1. The quantitative estimate of drug-likeness (QED) is 0.408. The van der Waals surface area contributed by atoms with Crippen LogP contribution in [0.5, 0.6) is 5.88 Å². The smallest absolute Gasteiger partial charge is 0.252 e. The van der Waals surface area contributed by atoms with Crippen molar-refractivity contribution in [2.45, 2.75) is 20.0 Å². The second-order valence-corrected chi connectivity index (χ2v) is 7.11. The molecule has 0 unspecified atom stereocenters. The molecule has 0 spiro atoms. The molecule has 1 N–H and O–H groups in total. The third-order valence-corrected chi connectivity index (χ3v) is 5.04. The van der Waals surface area contributed by atoms with E-state index < -0.39 is 0 Å². The SMILES string of the molecule is CCn1ncc2c(C(=O)NCc3cccnc3OCCOC)cc(-c3ccccc3)nc21. The van der Waals surface area contributed by atoms with Gasteiger partial charge >= 0.3 is 0 Å². The Morgan fingerprint density at radius 3 is 2.75 bits per heavy atom. The van der Waals surface area contributed by atoms with Crippen LogP contribution in [0.3, 0.4) is 0 Å². The monoisotopic (exact) mass is 431 g/mol. The lowest BCUT2D eigenvalue weighted by molar-refractivity contribution is 0.0951. The highest BCUT2D eigenvalue weighted by atomic mass is 16.5. The minimum atomic E-state index is -0.211. The van der Waals surface area contributed by atoms with Gasteiger partial charge in [0.05, 0.1) is 29.4 Å². The lowest BCUT2D eigenvalue weighted by Gasteiger charge is -2.12. The first-order valence-electron chi connectivity index (χ1n) is 10.5. The normalized spacial score (nSPS) is 10.9. The Kier molecular flexibility index (Phi) is 6.72. The highest BCUT2D eigenvalue weighted by molar-refractivity contribution is 6.06. The van der Waals surface area contributed by atoms with Gasteiger partial charge in [0.15, 0.2) is 5.65 Å². The standard InChI is InChI=1S/C24H25N5O3/c1-3-29-22-20(16-27-29)19(14-21(28-22)17-8-5-4-6-9-17)23(30)26-15-18-10-7-11-25-24(18)32-13-12-31-2/h4-11,14,16H,3,12-13,15H2,1-2H3,(H,26,30). The number of carbonyl (C=O) groups excluding carboxylic acids is 1. The molecule has 0 aliphatic rings. The summed E-state index contributed by atoms with van der Waals surface area (Å²) in [5.74, 6) is 0.269. The molecule has 3 aromatic heterocycles.